The monoisotopic (exact) mass is 392 g/mol. The third-order valence-corrected chi connectivity index (χ3v) is 4.97. The van der Waals surface area contributed by atoms with Crippen molar-refractivity contribution in [2.75, 3.05) is 5.32 Å². The molecule has 3 aromatic heterocycles. The van der Waals surface area contributed by atoms with E-state index in [0.717, 1.165) is 45.2 Å². The van der Waals surface area contributed by atoms with Crippen LogP contribution in [0.4, 0.5) is 11.5 Å². The Kier molecular flexibility index (Phi) is 4.62. The number of hydrogen-bond donors (Lipinski definition) is 1. The zero-order valence-corrected chi connectivity index (χ0v) is 16.5. The SMILES string of the molecule is Cn1c(-c2cccnc2)cc2cnc(Nc3cccc(Oc4ccccc4)c3)cc21. The molecule has 5 aromatic rings. The summed E-state index contributed by atoms with van der Waals surface area (Å²) in [6, 6.07) is 25.8. The molecule has 0 unspecified atom stereocenters. The number of fused-ring (bicyclic) bond motifs is 1. The molecule has 0 aliphatic carbocycles. The van der Waals surface area contributed by atoms with E-state index in [1.165, 1.54) is 0 Å². The van der Waals surface area contributed by atoms with Crippen molar-refractivity contribution in [2.24, 2.45) is 7.05 Å². The smallest absolute Gasteiger partial charge is 0.132 e. The van der Waals surface area contributed by atoms with E-state index in [1.54, 1.807) is 6.20 Å². The molecule has 0 fully saturated rings. The average Bonchev–Trinajstić information content (AvgIpc) is 3.11. The van der Waals surface area contributed by atoms with Crippen molar-refractivity contribution in [3.05, 3.63) is 97.5 Å². The number of aryl methyl sites for hydroxylation is 1. The number of anilines is 2. The van der Waals surface area contributed by atoms with Gasteiger partial charge in [0.1, 0.15) is 17.3 Å². The Balaban J connectivity index is 1.42. The molecule has 0 saturated carbocycles. The van der Waals surface area contributed by atoms with Gasteiger partial charge in [0.2, 0.25) is 0 Å². The lowest BCUT2D eigenvalue weighted by molar-refractivity contribution is 0.483. The largest absolute Gasteiger partial charge is 0.457 e. The fourth-order valence-electron chi connectivity index (χ4n) is 3.50. The molecule has 30 heavy (non-hydrogen) atoms. The first kappa shape index (κ1) is 17.9. The third kappa shape index (κ3) is 3.61. The van der Waals surface area contributed by atoms with Crippen molar-refractivity contribution in [1.82, 2.24) is 14.5 Å². The van der Waals surface area contributed by atoms with Crippen molar-refractivity contribution in [1.29, 1.82) is 0 Å². The second kappa shape index (κ2) is 7.72. The van der Waals surface area contributed by atoms with Gasteiger partial charge in [-0.2, -0.15) is 0 Å². The highest BCUT2D eigenvalue weighted by Crippen LogP contribution is 2.29. The Labute approximate surface area is 174 Å². The molecule has 0 radical (unpaired) electrons. The van der Waals surface area contributed by atoms with Gasteiger partial charge in [-0.15, -0.1) is 0 Å². The van der Waals surface area contributed by atoms with Crippen LogP contribution in [-0.4, -0.2) is 14.5 Å². The second-order valence-corrected chi connectivity index (χ2v) is 7.03. The van der Waals surface area contributed by atoms with Gasteiger partial charge >= 0.3 is 0 Å². The third-order valence-electron chi connectivity index (χ3n) is 4.97. The van der Waals surface area contributed by atoms with E-state index in [1.807, 2.05) is 73.1 Å². The summed E-state index contributed by atoms with van der Waals surface area (Å²) < 4.78 is 8.09. The van der Waals surface area contributed by atoms with Gasteiger partial charge in [-0.1, -0.05) is 24.3 Å². The Bertz CT molecular complexity index is 1300. The first-order valence-corrected chi connectivity index (χ1v) is 9.72. The van der Waals surface area contributed by atoms with E-state index in [9.17, 15) is 0 Å². The van der Waals surface area contributed by atoms with Crippen molar-refractivity contribution in [3.63, 3.8) is 0 Å². The van der Waals surface area contributed by atoms with Crippen LogP contribution in [0, 0.1) is 0 Å². The van der Waals surface area contributed by atoms with Gasteiger partial charge in [0, 0.05) is 54.4 Å². The minimum atomic E-state index is 0.769. The topological polar surface area (TPSA) is 52.0 Å². The highest BCUT2D eigenvalue weighted by molar-refractivity contribution is 5.88. The summed E-state index contributed by atoms with van der Waals surface area (Å²) in [5.74, 6) is 2.35. The number of pyridine rings is 2. The zero-order chi connectivity index (χ0) is 20.3. The molecule has 0 aliphatic heterocycles. The number of ether oxygens (including phenoxy) is 1. The van der Waals surface area contributed by atoms with Gasteiger partial charge < -0.3 is 14.6 Å². The predicted octanol–water partition coefficient (Wildman–Crippen LogP) is 6.17. The van der Waals surface area contributed by atoms with Crippen LogP contribution in [0.5, 0.6) is 11.5 Å². The Hall–Kier alpha value is -4.12. The standard InChI is InChI=1S/C25H20N4O/c1-29-23(18-7-6-12-26-16-18)13-19-17-27-25(15-24(19)29)28-20-8-5-11-22(14-20)30-21-9-3-2-4-10-21/h2-17H,1H3,(H,27,28). The van der Waals surface area contributed by atoms with Crippen LogP contribution in [0.2, 0.25) is 0 Å². The summed E-state index contributed by atoms with van der Waals surface area (Å²) in [5.41, 5.74) is 4.20. The molecule has 0 aliphatic rings. The molecular formula is C25H20N4O. The fourth-order valence-corrected chi connectivity index (χ4v) is 3.50. The van der Waals surface area contributed by atoms with E-state index in [2.05, 4.69) is 45.1 Å². The van der Waals surface area contributed by atoms with Gasteiger partial charge in [0.15, 0.2) is 0 Å². The molecule has 5 nitrogen and oxygen atoms in total. The molecule has 5 heteroatoms. The molecule has 146 valence electrons. The second-order valence-electron chi connectivity index (χ2n) is 7.03. The lowest BCUT2D eigenvalue weighted by atomic mass is 10.2. The van der Waals surface area contributed by atoms with Crippen LogP contribution in [0.25, 0.3) is 22.2 Å². The van der Waals surface area contributed by atoms with Gasteiger partial charge in [0.05, 0.1) is 11.2 Å². The Morgan fingerprint density at radius 3 is 2.53 bits per heavy atom. The summed E-state index contributed by atoms with van der Waals surface area (Å²) in [7, 11) is 2.06. The maximum absolute atomic E-state index is 5.93. The van der Waals surface area contributed by atoms with E-state index in [-0.39, 0.29) is 0 Å². The summed E-state index contributed by atoms with van der Waals surface area (Å²) in [4.78, 5) is 8.81. The number of para-hydroxylation sites is 1. The van der Waals surface area contributed by atoms with Gasteiger partial charge in [-0.25, -0.2) is 4.98 Å². The molecule has 0 amide bonds. The van der Waals surface area contributed by atoms with Gasteiger partial charge in [0.25, 0.3) is 0 Å². The van der Waals surface area contributed by atoms with E-state index in [0.29, 0.717) is 0 Å². The van der Waals surface area contributed by atoms with Crippen LogP contribution in [0.15, 0.2) is 97.5 Å². The lowest BCUT2D eigenvalue weighted by Crippen LogP contribution is -1.96. The molecule has 0 saturated heterocycles. The molecule has 1 N–H and O–H groups in total. The average molecular weight is 392 g/mol. The van der Waals surface area contributed by atoms with Crippen molar-refractivity contribution in [3.8, 4) is 22.8 Å². The normalized spacial score (nSPS) is 10.8. The maximum atomic E-state index is 5.93. The van der Waals surface area contributed by atoms with Crippen molar-refractivity contribution in [2.45, 2.75) is 0 Å². The van der Waals surface area contributed by atoms with Gasteiger partial charge in [-0.3, -0.25) is 4.98 Å². The Morgan fingerprint density at radius 2 is 1.70 bits per heavy atom. The van der Waals surface area contributed by atoms with E-state index < -0.39 is 0 Å². The number of hydrogen-bond acceptors (Lipinski definition) is 4. The molecule has 2 aromatic carbocycles. The lowest BCUT2D eigenvalue weighted by Gasteiger charge is -2.10. The van der Waals surface area contributed by atoms with Crippen molar-refractivity contribution >= 4 is 22.4 Å². The maximum Gasteiger partial charge on any atom is 0.132 e. The molecule has 3 heterocycles. The molecule has 5 rings (SSSR count). The summed E-state index contributed by atoms with van der Waals surface area (Å²) >= 11 is 0. The van der Waals surface area contributed by atoms with Crippen LogP contribution >= 0.6 is 0 Å². The van der Waals surface area contributed by atoms with Crippen LogP contribution in [-0.2, 0) is 7.05 Å². The quantitative estimate of drug-likeness (QED) is 0.388. The van der Waals surface area contributed by atoms with Crippen molar-refractivity contribution < 1.29 is 4.74 Å². The van der Waals surface area contributed by atoms with E-state index in [4.69, 9.17) is 4.74 Å². The number of aromatic nitrogens is 3. The molecular weight excluding hydrogens is 372 g/mol. The summed E-state index contributed by atoms with van der Waals surface area (Å²) in [5, 5.41) is 4.47. The van der Waals surface area contributed by atoms with Crippen LogP contribution in [0.1, 0.15) is 0 Å². The Morgan fingerprint density at radius 1 is 0.833 bits per heavy atom. The summed E-state index contributed by atoms with van der Waals surface area (Å²) in [6.45, 7) is 0. The van der Waals surface area contributed by atoms with Gasteiger partial charge in [-0.05, 0) is 42.5 Å². The van der Waals surface area contributed by atoms with Crippen LogP contribution in [0.3, 0.4) is 0 Å². The number of nitrogens with one attached hydrogen (secondary N) is 1. The molecule has 0 atom stereocenters. The summed E-state index contributed by atoms with van der Waals surface area (Å²) in [6.07, 6.45) is 5.55. The molecule has 0 bridgehead atoms. The minimum absolute atomic E-state index is 0.769. The number of nitrogens with zero attached hydrogens (tertiary/aromatic N) is 3. The minimum Gasteiger partial charge on any atom is -0.457 e. The number of rotatable bonds is 5. The van der Waals surface area contributed by atoms with Crippen LogP contribution < -0.4 is 10.1 Å². The van der Waals surface area contributed by atoms with E-state index >= 15 is 0 Å². The highest BCUT2D eigenvalue weighted by atomic mass is 16.5. The number of benzene rings is 2. The predicted molar refractivity (Wildman–Crippen MR) is 120 cm³/mol. The first-order chi connectivity index (χ1) is 14.8. The molecule has 0 spiro atoms. The zero-order valence-electron chi connectivity index (χ0n) is 16.5. The highest BCUT2D eigenvalue weighted by Gasteiger charge is 2.10. The fraction of sp³-hybridized carbons (Fsp3) is 0.0400. The first-order valence-electron chi connectivity index (χ1n) is 9.72.